The summed E-state index contributed by atoms with van der Waals surface area (Å²) < 4.78 is 5.87. The van der Waals surface area contributed by atoms with Crippen molar-refractivity contribution in [3.8, 4) is 0 Å². The van der Waals surface area contributed by atoms with E-state index in [1.807, 2.05) is 0 Å². The number of piperidine rings is 1. The fraction of sp³-hybridized carbons (Fsp3) is 0.857. The number of aromatic amines is 1. The van der Waals surface area contributed by atoms with Gasteiger partial charge >= 0.3 is 0 Å². The summed E-state index contributed by atoms with van der Waals surface area (Å²) in [6.45, 7) is 5.39. The van der Waals surface area contributed by atoms with Crippen molar-refractivity contribution in [2.75, 3.05) is 24.5 Å². The lowest BCUT2D eigenvalue weighted by molar-refractivity contribution is 0.0505. The van der Waals surface area contributed by atoms with E-state index in [4.69, 9.17) is 9.72 Å². The van der Waals surface area contributed by atoms with Crippen LogP contribution in [0, 0.1) is 5.92 Å². The molecule has 110 valence electrons. The zero-order chi connectivity index (χ0) is 13.5. The third-order valence-electron chi connectivity index (χ3n) is 4.96. The molecule has 20 heavy (non-hydrogen) atoms. The molecule has 3 aliphatic heterocycles. The molecule has 0 aromatic carbocycles. The molecular weight excluding hydrogens is 254 g/mol. The van der Waals surface area contributed by atoms with Gasteiger partial charge in [-0.1, -0.05) is 0 Å². The van der Waals surface area contributed by atoms with Crippen LogP contribution >= 0.6 is 0 Å². The molecule has 4 heterocycles. The summed E-state index contributed by atoms with van der Waals surface area (Å²) in [6, 6.07) is 0.566. The van der Waals surface area contributed by atoms with E-state index in [0.717, 1.165) is 50.2 Å². The highest BCUT2D eigenvalue weighted by atomic mass is 16.5. The van der Waals surface area contributed by atoms with Crippen LogP contribution in [-0.4, -0.2) is 47.0 Å². The first kappa shape index (κ1) is 12.6. The van der Waals surface area contributed by atoms with Crippen molar-refractivity contribution in [1.29, 1.82) is 0 Å². The molecule has 2 N–H and O–H groups in total. The third-order valence-corrected chi connectivity index (χ3v) is 4.96. The van der Waals surface area contributed by atoms with Crippen LogP contribution in [0.1, 0.15) is 44.5 Å². The summed E-state index contributed by atoms with van der Waals surface area (Å²) in [4.78, 5) is 7.10. The number of nitrogens with zero attached hydrogens (tertiary/aromatic N) is 3. The van der Waals surface area contributed by atoms with Gasteiger partial charge in [0.25, 0.3) is 0 Å². The van der Waals surface area contributed by atoms with Gasteiger partial charge in [-0.05, 0) is 38.5 Å². The van der Waals surface area contributed by atoms with E-state index in [-0.39, 0.29) is 6.10 Å². The van der Waals surface area contributed by atoms with Gasteiger partial charge in [0, 0.05) is 25.7 Å². The normalized spacial score (nSPS) is 37.4. The summed E-state index contributed by atoms with van der Waals surface area (Å²) >= 11 is 0. The number of anilines is 1. The van der Waals surface area contributed by atoms with E-state index in [2.05, 4.69) is 27.3 Å². The quantitative estimate of drug-likeness (QED) is 0.851. The molecule has 3 saturated heterocycles. The van der Waals surface area contributed by atoms with E-state index in [0.29, 0.717) is 12.1 Å². The molecule has 0 spiro atoms. The van der Waals surface area contributed by atoms with Crippen LogP contribution in [0.3, 0.4) is 0 Å². The van der Waals surface area contributed by atoms with Gasteiger partial charge in [0.1, 0.15) is 6.10 Å². The average molecular weight is 277 g/mol. The van der Waals surface area contributed by atoms with Gasteiger partial charge < -0.3 is 15.0 Å². The molecule has 6 nitrogen and oxygen atoms in total. The summed E-state index contributed by atoms with van der Waals surface area (Å²) in [7, 11) is 0. The first-order valence-electron chi connectivity index (χ1n) is 7.86. The molecule has 0 aliphatic carbocycles. The summed E-state index contributed by atoms with van der Waals surface area (Å²) in [5.41, 5.74) is 0. The van der Waals surface area contributed by atoms with Crippen molar-refractivity contribution in [3.63, 3.8) is 0 Å². The van der Waals surface area contributed by atoms with Gasteiger partial charge in [-0.25, -0.2) is 0 Å². The molecule has 4 unspecified atom stereocenters. The lowest BCUT2D eigenvalue weighted by Crippen LogP contribution is -2.45. The van der Waals surface area contributed by atoms with Crippen LogP contribution in [-0.2, 0) is 4.74 Å². The Hall–Kier alpha value is -1.14. The van der Waals surface area contributed by atoms with Crippen molar-refractivity contribution >= 4 is 5.95 Å². The van der Waals surface area contributed by atoms with Gasteiger partial charge in [-0.15, -0.1) is 5.10 Å². The lowest BCUT2D eigenvalue weighted by atomic mass is 9.92. The molecule has 6 heteroatoms. The zero-order valence-electron chi connectivity index (χ0n) is 12.0. The predicted molar refractivity (Wildman–Crippen MR) is 75.6 cm³/mol. The second-order valence-corrected chi connectivity index (χ2v) is 6.35. The molecule has 0 amide bonds. The first-order chi connectivity index (χ1) is 9.81. The molecule has 0 saturated carbocycles. The maximum Gasteiger partial charge on any atom is 0.245 e. The molecule has 1 aromatic heterocycles. The largest absolute Gasteiger partial charge is 0.367 e. The molecular formula is C14H23N5O. The molecule has 1 aromatic rings. The van der Waals surface area contributed by atoms with E-state index in [1.54, 1.807) is 0 Å². The van der Waals surface area contributed by atoms with Crippen molar-refractivity contribution < 1.29 is 4.74 Å². The van der Waals surface area contributed by atoms with Crippen LogP contribution in [0.25, 0.3) is 0 Å². The Kier molecular flexibility index (Phi) is 3.15. The van der Waals surface area contributed by atoms with Crippen molar-refractivity contribution in [1.82, 2.24) is 20.5 Å². The zero-order valence-corrected chi connectivity index (χ0v) is 12.0. The molecule has 4 rings (SSSR count). The number of ether oxygens (including phenoxy) is 1. The van der Waals surface area contributed by atoms with E-state index < -0.39 is 0 Å². The maximum atomic E-state index is 5.87. The minimum absolute atomic E-state index is 0.105. The van der Waals surface area contributed by atoms with Crippen LogP contribution in [0.4, 0.5) is 5.95 Å². The number of hydrogen-bond donors (Lipinski definition) is 2. The summed E-state index contributed by atoms with van der Waals surface area (Å²) in [6.07, 6.45) is 5.17. The molecule has 3 fully saturated rings. The Morgan fingerprint density at radius 3 is 3.05 bits per heavy atom. The van der Waals surface area contributed by atoms with Gasteiger partial charge in [0.15, 0.2) is 5.82 Å². The second-order valence-electron chi connectivity index (χ2n) is 6.35. The number of H-pyrrole nitrogens is 1. The highest BCUT2D eigenvalue weighted by Gasteiger charge is 2.37. The van der Waals surface area contributed by atoms with Crippen molar-refractivity contribution in [2.45, 2.75) is 50.9 Å². The Morgan fingerprint density at radius 2 is 2.20 bits per heavy atom. The van der Waals surface area contributed by atoms with Crippen LogP contribution in [0.15, 0.2) is 0 Å². The maximum absolute atomic E-state index is 5.87. The number of nitrogens with one attached hydrogen (secondary N) is 2. The topological polar surface area (TPSA) is 66.1 Å². The highest BCUT2D eigenvalue weighted by Crippen LogP contribution is 2.33. The second kappa shape index (κ2) is 5.00. The third kappa shape index (κ3) is 2.11. The minimum Gasteiger partial charge on any atom is -0.367 e. The lowest BCUT2D eigenvalue weighted by Gasteiger charge is -2.36. The summed E-state index contributed by atoms with van der Waals surface area (Å²) in [5, 5.41) is 11.0. The van der Waals surface area contributed by atoms with Gasteiger partial charge in [0.05, 0.1) is 6.10 Å². The Labute approximate surface area is 119 Å². The Bertz CT molecular complexity index is 476. The van der Waals surface area contributed by atoms with Crippen molar-refractivity contribution in [2.24, 2.45) is 5.92 Å². The van der Waals surface area contributed by atoms with Gasteiger partial charge in [-0.2, -0.15) is 4.98 Å². The van der Waals surface area contributed by atoms with Gasteiger partial charge in [0.2, 0.25) is 5.95 Å². The fourth-order valence-electron chi connectivity index (χ4n) is 3.86. The minimum atomic E-state index is 0.105. The Morgan fingerprint density at radius 1 is 1.25 bits per heavy atom. The van der Waals surface area contributed by atoms with Crippen molar-refractivity contribution in [3.05, 3.63) is 5.82 Å². The summed E-state index contributed by atoms with van der Waals surface area (Å²) in [5.74, 6) is 2.52. The molecule has 4 atom stereocenters. The van der Waals surface area contributed by atoms with E-state index in [9.17, 15) is 0 Å². The van der Waals surface area contributed by atoms with Gasteiger partial charge in [-0.3, -0.25) is 5.10 Å². The first-order valence-corrected chi connectivity index (χ1v) is 7.86. The molecule has 3 aliphatic rings. The Balaban J connectivity index is 1.52. The van der Waals surface area contributed by atoms with E-state index >= 15 is 0 Å². The van der Waals surface area contributed by atoms with Crippen LogP contribution in [0.2, 0.25) is 0 Å². The number of hydrogen-bond acceptors (Lipinski definition) is 5. The predicted octanol–water partition coefficient (Wildman–Crippen LogP) is 1.23. The monoisotopic (exact) mass is 277 g/mol. The number of aromatic nitrogens is 3. The standard InChI is InChI=1S/C14H23N5O/c1-9-4-5-12(20-9)13-16-14(18-17-13)19-6-2-3-10-7-15-8-11(10)19/h9-12,15H,2-8H2,1H3,(H,16,17,18). The SMILES string of the molecule is CC1CCC(c2nc(N3CCCC4CNCC43)n[nH]2)O1. The highest BCUT2D eigenvalue weighted by molar-refractivity contribution is 5.33. The van der Waals surface area contributed by atoms with Crippen LogP contribution in [0.5, 0.6) is 0 Å². The van der Waals surface area contributed by atoms with E-state index in [1.165, 1.54) is 12.8 Å². The number of fused-ring (bicyclic) bond motifs is 1. The average Bonchev–Trinajstić information content (AvgIpc) is 3.17. The molecule has 0 bridgehead atoms. The molecule has 0 radical (unpaired) electrons. The van der Waals surface area contributed by atoms with Crippen LogP contribution < -0.4 is 10.2 Å². The fourth-order valence-corrected chi connectivity index (χ4v) is 3.86. The smallest absolute Gasteiger partial charge is 0.245 e. The number of rotatable bonds is 2.